The Bertz CT molecular complexity index is 226. The van der Waals surface area contributed by atoms with Gasteiger partial charge in [-0.3, -0.25) is 0 Å². The zero-order valence-corrected chi connectivity index (χ0v) is 11.3. The lowest BCUT2D eigenvalue weighted by Gasteiger charge is -2.33. The summed E-state index contributed by atoms with van der Waals surface area (Å²) in [6.45, 7) is 0.798. The van der Waals surface area contributed by atoms with Crippen LogP contribution in [0.1, 0.15) is 32.1 Å². The van der Waals surface area contributed by atoms with E-state index in [0.29, 0.717) is 19.4 Å². The number of thioether (sulfide) groups is 1. The Morgan fingerprint density at radius 2 is 1.89 bits per heavy atom. The van der Waals surface area contributed by atoms with Crippen LogP contribution in [-0.2, 0) is 0 Å². The summed E-state index contributed by atoms with van der Waals surface area (Å²) in [6, 6.07) is -0.405. The van der Waals surface area contributed by atoms with Gasteiger partial charge in [0.2, 0.25) is 0 Å². The number of aliphatic hydroxyl groups excluding tert-OH is 1. The van der Waals surface area contributed by atoms with E-state index in [4.69, 9.17) is 5.11 Å². The first kappa shape index (κ1) is 16.1. The van der Waals surface area contributed by atoms with Crippen LogP contribution < -0.4 is 5.32 Å². The Kier molecular flexibility index (Phi) is 7.41. The summed E-state index contributed by atoms with van der Waals surface area (Å²) < 4.78 is 38.4. The second-order valence-electron chi connectivity index (χ2n) is 4.68. The monoisotopic (exact) mass is 285 g/mol. The van der Waals surface area contributed by atoms with Gasteiger partial charge in [0.05, 0.1) is 5.92 Å². The van der Waals surface area contributed by atoms with Crippen LogP contribution in [0.4, 0.5) is 13.2 Å². The molecule has 2 N–H and O–H groups in total. The molecule has 0 amide bonds. The Balaban J connectivity index is 2.21. The summed E-state index contributed by atoms with van der Waals surface area (Å²) in [5, 5.41) is 11.6. The number of alkyl halides is 3. The van der Waals surface area contributed by atoms with Gasteiger partial charge in [0.1, 0.15) is 0 Å². The fourth-order valence-corrected chi connectivity index (χ4v) is 3.15. The van der Waals surface area contributed by atoms with Crippen molar-refractivity contribution in [3.8, 4) is 0 Å². The van der Waals surface area contributed by atoms with Crippen molar-refractivity contribution in [2.45, 2.75) is 44.3 Å². The number of rotatable bonds is 7. The number of hydrogen-bond donors (Lipinski definition) is 2. The van der Waals surface area contributed by atoms with E-state index in [-0.39, 0.29) is 13.0 Å². The average molecular weight is 285 g/mol. The molecule has 0 radical (unpaired) electrons. The van der Waals surface area contributed by atoms with Gasteiger partial charge in [0.15, 0.2) is 0 Å². The number of halogens is 3. The van der Waals surface area contributed by atoms with Crippen molar-refractivity contribution < 1.29 is 18.3 Å². The Hall–Kier alpha value is 0.0600. The molecule has 2 nitrogen and oxygen atoms in total. The van der Waals surface area contributed by atoms with Crippen LogP contribution in [-0.4, -0.2) is 42.0 Å². The maximum Gasteiger partial charge on any atom is 0.393 e. The maximum atomic E-state index is 12.8. The van der Waals surface area contributed by atoms with Gasteiger partial charge in [-0.15, -0.1) is 0 Å². The third-order valence-electron chi connectivity index (χ3n) is 3.29. The number of nitrogens with one attached hydrogen (secondary N) is 1. The Morgan fingerprint density at radius 1 is 1.17 bits per heavy atom. The molecule has 108 valence electrons. The van der Waals surface area contributed by atoms with Crippen LogP contribution in [0.25, 0.3) is 0 Å². The van der Waals surface area contributed by atoms with Gasteiger partial charge in [0, 0.05) is 24.9 Å². The van der Waals surface area contributed by atoms with Crippen molar-refractivity contribution in [1.29, 1.82) is 0 Å². The molecule has 0 heterocycles. The first-order valence-electron chi connectivity index (χ1n) is 6.54. The molecule has 0 spiro atoms. The van der Waals surface area contributed by atoms with Gasteiger partial charge in [-0.1, -0.05) is 12.8 Å². The quantitative estimate of drug-likeness (QED) is 0.706. The van der Waals surface area contributed by atoms with Gasteiger partial charge in [0.25, 0.3) is 0 Å². The summed E-state index contributed by atoms with van der Waals surface area (Å²) in [4.78, 5) is 0. The van der Waals surface area contributed by atoms with Gasteiger partial charge >= 0.3 is 6.18 Å². The summed E-state index contributed by atoms with van der Waals surface area (Å²) in [7, 11) is 0. The first-order valence-corrected chi connectivity index (χ1v) is 7.70. The van der Waals surface area contributed by atoms with E-state index < -0.39 is 18.1 Å². The summed E-state index contributed by atoms with van der Waals surface area (Å²) in [5.41, 5.74) is 0. The highest BCUT2D eigenvalue weighted by Gasteiger charge is 2.45. The molecule has 0 aromatic carbocycles. The minimum absolute atomic E-state index is 0.180. The molecule has 0 aromatic heterocycles. The highest BCUT2D eigenvalue weighted by molar-refractivity contribution is 7.99. The second kappa shape index (κ2) is 8.27. The average Bonchev–Trinajstić information content (AvgIpc) is 2.33. The lowest BCUT2D eigenvalue weighted by atomic mass is 9.84. The second-order valence-corrected chi connectivity index (χ2v) is 5.91. The predicted octanol–water partition coefficient (Wildman–Crippen LogP) is 2.81. The van der Waals surface area contributed by atoms with Crippen LogP contribution in [0.3, 0.4) is 0 Å². The molecule has 0 aliphatic heterocycles. The predicted molar refractivity (Wildman–Crippen MR) is 68.8 cm³/mol. The third kappa shape index (κ3) is 5.80. The molecule has 1 rings (SSSR count). The summed E-state index contributed by atoms with van der Waals surface area (Å²) in [5.74, 6) is 0.501. The molecular formula is C12H22F3NOS. The zero-order valence-electron chi connectivity index (χ0n) is 10.5. The largest absolute Gasteiger partial charge is 0.396 e. The van der Waals surface area contributed by atoms with Gasteiger partial charge in [-0.2, -0.15) is 24.9 Å². The summed E-state index contributed by atoms with van der Waals surface area (Å²) in [6.07, 6.45) is -0.846. The van der Waals surface area contributed by atoms with Crippen molar-refractivity contribution in [2.24, 2.45) is 5.92 Å². The van der Waals surface area contributed by atoms with Crippen molar-refractivity contribution in [2.75, 3.05) is 24.7 Å². The molecule has 1 aliphatic carbocycles. The van der Waals surface area contributed by atoms with Crippen molar-refractivity contribution >= 4 is 11.8 Å². The smallest absolute Gasteiger partial charge is 0.393 e. The maximum absolute atomic E-state index is 12.8. The number of aliphatic hydroxyl groups is 1. The Morgan fingerprint density at radius 3 is 2.56 bits per heavy atom. The first-order chi connectivity index (χ1) is 8.55. The van der Waals surface area contributed by atoms with Gasteiger partial charge in [-0.05, 0) is 25.0 Å². The van der Waals surface area contributed by atoms with E-state index in [1.165, 1.54) is 0 Å². The fraction of sp³-hybridized carbons (Fsp3) is 1.00. The van der Waals surface area contributed by atoms with E-state index in [1.54, 1.807) is 11.8 Å². The lowest BCUT2D eigenvalue weighted by Crippen LogP contribution is -2.46. The van der Waals surface area contributed by atoms with Crippen LogP contribution in [0, 0.1) is 5.92 Å². The van der Waals surface area contributed by atoms with Crippen molar-refractivity contribution in [1.82, 2.24) is 5.32 Å². The lowest BCUT2D eigenvalue weighted by molar-refractivity contribution is -0.188. The molecule has 2 atom stereocenters. The fourth-order valence-electron chi connectivity index (χ4n) is 2.35. The molecular weight excluding hydrogens is 263 g/mol. The normalized spacial score (nSPS) is 25.3. The number of hydrogen-bond acceptors (Lipinski definition) is 3. The SMILES string of the molecule is OCCCSCCNC1CCCCC1C(F)(F)F. The molecule has 18 heavy (non-hydrogen) atoms. The van der Waals surface area contributed by atoms with E-state index in [1.807, 2.05) is 0 Å². The minimum Gasteiger partial charge on any atom is -0.396 e. The van der Waals surface area contributed by atoms with Gasteiger partial charge < -0.3 is 10.4 Å². The molecule has 0 bridgehead atoms. The topological polar surface area (TPSA) is 32.3 Å². The molecule has 1 saturated carbocycles. The van der Waals surface area contributed by atoms with E-state index in [9.17, 15) is 13.2 Å². The highest BCUT2D eigenvalue weighted by Crippen LogP contribution is 2.37. The molecule has 1 fully saturated rings. The van der Waals surface area contributed by atoms with E-state index in [0.717, 1.165) is 24.3 Å². The molecule has 0 saturated heterocycles. The molecule has 6 heteroatoms. The van der Waals surface area contributed by atoms with Crippen molar-refractivity contribution in [3.63, 3.8) is 0 Å². The van der Waals surface area contributed by atoms with Gasteiger partial charge in [-0.25, -0.2) is 0 Å². The summed E-state index contributed by atoms with van der Waals surface area (Å²) >= 11 is 1.67. The molecule has 2 unspecified atom stereocenters. The van der Waals surface area contributed by atoms with Crippen LogP contribution in [0.5, 0.6) is 0 Å². The zero-order chi connectivity index (χ0) is 13.4. The van der Waals surface area contributed by atoms with Crippen LogP contribution >= 0.6 is 11.8 Å². The molecule has 0 aromatic rings. The Labute approximate surface area is 111 Å². The highest BCUT2D eigenvalue weighted by atomic mass is 32.2. The third-order valence-corrected chi connectivity index (χ3v) is 4.36. The van der Waals surface area contributed by atoms with Crippen molar-refractivity contribution in [3.05, 3.63) is 0 Å². The standard InChI is InChI=1S/C12H22F3NOS/c13-12(14,15)10-4-1-2-5-11(10)16-6-9-18-8-3-7-17/h10-11,16-17H,1-9H2. The van der Waals surface area contributed by atoms with Crippen LogP contribution in [0.2, 0.25) is 0 Å². The van der Waals surface area contributed by atoms with Crippen LogP contribution in [0.15, 0.2) is 0 Å². The molecule has 1 aliphatic rings. The van der Waals surface area contributed by atoms with E-state index in [2.05, 4.69) is 5.32 Å². The minimum atomic E-state index is -4.07. The van der Waals surface area contributed by atoms with E-state index >= 15 is 0 Å².